The number of carbonyl (C=O) groups is 2. The van der Waals surface area contributed by atoms with E-state index in [0.29, 0.717) is 12.1 Å². The van der Waals surface area contributed by atoms with Gasteiger partial charge in [0.05, 0.1) is 27.9 Å². The van der Waals surface area contributed by atoms with Crippen molar-refractivity contribution in [3.63, 3.8) is 0 Å². The van der Waals surface area contributed by atoms with Gasteiger partial charge in [0.1, 0.15) is 0 Å². The number of hydrazone groups is 1. The number of nitrogens with zero attached hydrogens (tertiary/aromatic N) is 1. The number of anilines is 1. The zero-order chi connectivity index (χ0) is 17.8. The summed E-state index contributed by atoms with van der Waals surface area (Å²) in [5.41, 5.74) is 0.426. The monoisotopic (exact) mass is 370 g/mol. The number of carbonyl (C=O) groups excluding carboxylic acids is 2. The molecule has 1 rings (SSSR count). The smallest absolute Gasteiger partial charge is 0.416 e. The van der Waals surface area contributed by atoms with E-state index in [9.17, 15) is 22.8 Å². The van der Waals surface area contributed by atoms with Gasteiger partial charge in [-0.15, -0.1) is 0 Å². The molecular weight excluding hydrogens is 360 g/mol. The molecule has 23 heavy (non-hydrogen) atoms. The lowest BCUT2D eigenvalue weighted by molar-refractivity contribution is -0.138. The van der Waals surface area contributed by atoms with Crippen molar-refractivity contribution in [3.05, 3.63) is 27.7 Å². The van der Waals surface area contributed by atoms with Gasteiger partial charge < -0.3 is 4.74 Å². The van der Waals surface area contributed by atoms with Crippen LogP contribution >= 0.6 is 23.2 Å². The molecule has 0 heterocycles. The second-order valence-electron chi connectivity index (χ2n) is 4.16. The standard InChI is InChI=1S/C13H11Cl2F3N2O3/c1-3-23-12(22)10(6(2)21)19-20-11-8(14)4-7(5-9(11)15)13(16,17)18/h4-5,20H,3H2,1-2H3/b19-10-. The Morgan fingerprint density at radius 3 is 2.17 bits per heavy atom. The van der Waals surface area contributed by atoms with Crippen LogP contribution in [-0.4, -0.2) is 24.1 Å². The molecule has 5 nitrogen and oxygen atoms in total. The Bertz CT molecular complexity index is 637. The molecule has 0 unspecified atom stereocenters. The predicted molar refractivity (Wildman–Crippen MR) is 79.8 cm³/mol. The molecule has 1 aromatic carbocycles. The minimum atomic E-state index is -4.62. The molecule has 126 valence electrons. The number of benzene rings is 1. The highest BCUT2D eigenvalue weighted by Crippen LogP contribution is 2.38. The fourth-order valence-corrected chi connectivity index (χ4v) is 1.99. The minimum Gasteiger partial charge on any atom is -0.461 e. The molecule has 1 N–H and O–H groups in total. The van der Waals surface area contributed by atoms with Gasteiger partial charge in [-0.3, -0.25) is 10.2 Å². The molecule has 0 amide bonds. The van der Waals surface area contributed by atoms with Crippen LogP contribution in [0, 0.1) is 0 Å². The highest BCUT2D eigenvalue weighted by atomic mass is 35.5. The number of hydrogen-bond acceptors (Lipinski definition) is 5. The molecule has 0 saturated heterocycles. The molecule has 0 radical (unpaired) electrons. The number of ether oxygens (including phenoxy) is 1. The average molecular weight is 371 g/mol. The number of hydrogen-bond donors (Lipinski definition) is 1. The summed E-state index contributed by atoms with van der Waals surface area (Å²) in [5.74, 6) is -1.68. The van der Waals surface area contributed by atoms with Gasteiger partial charge in [0.2, 0.25) is 5.71 Å². The molecule has 0 aliphatic rings. The highest BCUT2D eigenvalue weighted by Gasteiger charge is 2.32. The Hall–Kier alpha value is -1.80. The maximum absolute atomic E-state index is 12.6. The molecular formula is C13H11Cl2F3N2O3. The molecule has 10 heteroatoms. The van der Waals surface area contributed by atoms with E-state index in [2.05, 4.69) is 15.3 Å². The first-order valence-corrected chi connectivity index (χ1v) is 6.91. The van der Waals surface area contributed by atoms with Gasteiger partial charge in [0.15, 0.2) is 5.78 Å². The Labute approximate surface area is 139 Å². The SMILES string of the molecule is CCOC(=O)/C(=N\Nc1c(Cl)cc(C(F)(F)F)cc1Cl)C(C)=O. The highest BCUT2D eigenvalue weighted by molar-refractivity contribution is 6.64. The van der Waals surface area contributed by atoms with Crippen LogP contribution in [0.3, 0.4) is 0 Å². The summed E-state index contributed by atoms with van der Waals surface area (Å²) in [6.07, 6.45) is -4.62. The number of nitrogens with one attached hydrogen (secondary N) is 1. The summed E-state index contributed by atoms with van der Waals surface area (Å²) in [7, 11) is 0. The summed E-state index contributed by atoms with van der Waals surface area (Å²) in [6, 6.07) is 1.28. The fourth-order valence-electron chi connectivity index (χ4n) is 1.42. The fraction of sp³-hybridized carbons (Fsp3) is 0.308. The molecule has 0 saturated carbocycles. The van der Waals surface area contributed by atoms with E-state index in [1.807, 2.05) is 0 Å². The van der Waals surface area contributed by atoms with E-state index >= 15 is 0 Å². The summed E-state index contributed by atoms with van der Waals surface area (Å²) in [5, 5.41) is 2.77. The normalized spacial score (nSPS) is 12.0. The summed E-state index contributed by atoms with van der Waals surface area (Å²) in [4.78, 5) is 22.9. The Morgan fingerprint density at radius 2 is 1.78 bits per heavy atom. The van der Waals surface area contributed by atoms with Crippen LogP contribution < -0.4 is 5.43 Å². The third kappa shape index (κ3) is 5.11. The van der Waals surface area contributed by atoms with E-state index in [0.717, 1.165) is 6.92 Å². The van der Waals surface area contributed by atoms with Crippen molar-refractivity contribution < 1.29 is 27.5 Å². The van der Waals surface area contributed by atoms with Gasteiger partial charge in [-0.1, -0.05) is 23.2 Å². The van der Waals surface area contributed by atoms with Crippen molar-refractivity contribution in [2.45, 2.75) is 20.0 Å². The Morgan fingerprint density at radius 1 is 1.26 bits per heavy atom. The van der Waals surface area contributed by atoms with Crippen LogP contribution in [-0.2, 0) is 20.5 Å². The van der Waals surface area contributed by atoms with E-state index < -0.39 is 29.2 Å². The van der Waals surface area contributed by atoms with Crippen molar-refractivity contribution in [3.8, 4) is 0 Å². The molecule has 0 aliphatic carbocycles. The number of rotatable bonds is 5. The van der Waals surface area contributed by atoms with E-state index in [-0.39, 0.29) is 22.3 Å². The average Bonchev–Trinajstić information content (AvgIpc) is 2.40. The van der Waals surface area contributed by atoms with Crippen molar-refractivity contribution >= 4 is 46.4 Å². The van der Waals surface area contributed by atoms with Gasteiger partial charge >= 0.3 is 12.1 Å². The number of ketones is 1. The molecule has 0 fully saturated rings. The Balaban J connectivity index is 3.16. The zero-order valence-corrected chi connectivity index (χ0v) is 13.4. The predicted octanol–water partition coefficient (Wildman–Crippen LogP) is 3.93. The molecule has 0 spiro atoms. The van der Waals surface area contributed by atoms with Crippen LogP contribution in [0.4, 0.5) is 18.9 Å². The maximum Gasteiger partial charge on any atom is 0.416 e. The van der Waals surface area contributed by atoms with Crippen LogP contribution in [0.15, 0.2) is 17.2 Å². The lowest BCUT2D eigenvalue weighted by Gasteiger charge is -2.12. The van der Waals surface area contributed by atoms with Gasteiger partial charge in [-0.25, -0.2) is 4.79 Å². The first-order chi connectivity index (χ1) is 10.6. The lowest BCUT2D eigenvalue weighted by atomic mass is 10.2. The quantitative estimate of drug-likeness (QED) is 0.369. The molecule has 0 aromatic heterocycles. The number of halogens is 5. The van der Waals surface area contributed by atoms with Gasteiger partial charge in [0.25, 0.3) is 0 Å². The van der Waals surface area contributed by atoms with E-state index in [1.54, 1.807) is 0 Å². The van der Waals surface area contributed by atoms with Crippen LogP contribution in [0.5, 0.6) is 0 Å². The van der Waals surface area contributed by atoms with Gasteiger partial charge in [-0.2, -0.15) is 18.3 Å². The minimum absolute atomic E-state index is 0.0208. The molecule has 0 bridgehead atoms. The lowest BCUT2D eigenvalue weighted by Crippen LogP contribution is -2.25. The van der Waals surface area contributed by atoms with Gasteiger partial charge in [-0.05, 0) is 19.1 Å². The van der Waals surface area contributed by atoms with Crippen molar-refractivity contribution in [2.24, 2.45) is 5.10 Å². The summed E-state index contributed by atoms with van der Waals surface area (Å²) < 4.78 is 42.5. The second-order valence-corrected chi connectivity index (χ2v) is 4.98. The third-order valence-electron chi connectivity index (χ3n) is 2.45. The van der Waals surface area contributed by atoms with Crippen LogP contribution in [0.2, 0.25) is 10.0 Å². The van der Waals surface area contributed by atoms with Gasteiger partial charge in [0, 0.05) is 6.92 Å². The molecule has 1 aromatic rings. The number of Topliss-reactive ketones (excluding diaryl/α,β-unsaturated/α-hetero) is 1. The molecule has 0 aliphatic heterocycles. The molecule has 0 atom stereocenters. The van der Waals surface area contributed by atoms with Crippen molar-refractivity contribution in [2.75, 3.05) is 12.0 Å². The Kier molecular flexibility index (Phi) is 6.40. The van der Waals surface area contributed by atoms with Crippen molar-refractivity contribution in [1.82, 2.24) is 0 Å². The third-order valence-corrected chi connectivity index (χ3v) is 3.05. The van der Waals surface area contributed by atoms with Crippen molar-refractivity contribution in [1.29, 1.82) is 0 Å². The maximum atomic E-state index is 12.6. The second kappa shape index (κ2) is 7.65. The topological polar surface area (TPSA) is 67.8 Å². The largest absolute Gasteiger partial charge is 0.461 e. The van der Waals surface area contributed by atoms with Crippen LogP contribution in [0.1, 0.15) is 19.4 Å². The first kappa shape index (κ1) is 19.2. The van der Waals surface area contributed by atoms with E-state index in [4.69, 9.17) is 23.2 Å². The summed E-state index contributed by atoms with van der Waals surface area (Å²) >= 11 is 11.5. The number of esters is 1. The van der Waals surface area contributed by atoms with E-state index in [1.165, 1.54) is 6.92 Å². The zero-order valence-electron chi connectivity index (χ0n) is 11.9. The first-order valence-electron chi connectivity index (χ1n) is 6.15. The van der Waals surface area contributed by atoms with Crippen LogP contribution in [0.25, 0.3) is 0 Å². The number of alkyl halides is 3. The summed E-state index contributed by atoms with van der Waals surface area (Å²) in [6.45, 7) is 2.63.